The molecule has 21 heavy (non-hydrogen) atoms. The molecule has 1 saturated heterocycles. The summed E-state index contributed by atoms with van der Waals surface area (Å²) in [5.41, 5.74) is 0.917. The van der Waals surface area contributed by atoms with Crippen LogP contribution in [0.1, 0.15) is 36.2 Å². The van der Waals surface area contributed by atoms with E-state index in [0.717, 1.165) is 18.4 Å². The van der Waals surface area contributed by atoms with E-state index >= 15 is 0 Å². The lowest BCUT2D eigenvalue weighted by molar-refractivity contribution is 0.0835. The van der Waals surface area contributed by atoms with Crippen LogP contribution in [0, 0.1) is 6.92 Å². The zero-order chi connectivity index (χ0) is 14.9. The molecular formula is C12H15N3O4S2. The van der Waals surface area contributed by atoms with E-state index in [-0.39, 0.29) is 16.9 Å². The monoisotopic (exact) mass is 329 g/mol. The first kappa shape index (κ1) is 14.6. The van der Waals surface area contributed by atoms with Crippen molar-refractivity contribution in [1.82, 2.24) is 14.9 Å². The number of aryl methyl sites for hydroxylation is 1. The minimum atomic E-state index is -3.53. The van der Waals surface area contributed by atoms with Crippen molar-refractivity contribution < 1.29 is 17.7 Å². The maximum atomic E-state index is 12.1. The predicted octanol–water partition coefficient (Wildman–Crippen LogP) is 1.77. The fourth-order valence-electron chi connectivity index (χ4n) is 2.02. The summed E-state index contributed by atoms with van der Waals surface area (Å²) in [6, 6.07) is 1.63. The second kappa shape index (κ2) is 5.84. The molecule has 0 aromatic carbocycles. The lowest BCUT2D eigenvalue weighted by atomic mass is 10.2. The first-order chi connectivity index (χ1) is 10.0. The number of thiophene rings is 1. The highest BCUT2D eigenvalue weighted by atomic mass is 32.2. The first-order valence-electron chi connectivity index (χ1n) is 6.53. The smallest absolute Gasteiger partial charge is 0.255 e. The Balaban J connectivity index is 1.64. The highest BCUT2D eigenvalue weighted by Gasteiger charge is 2.24. The van der Waals surface area contributed by atoms with Gasteiger partial charge in [0.15, 0.2) is 5.82 Å². The molecule has 114 valence electrons. The Hall–Kier alpha value is -1.29. The summed E-state index contributed by atoms with van der Waals surface area (Å²) in [5, 5.41) is 5.56. The Morgan fingerprint density at radius 2 is 2.38 bits per heavy atom. The Labute approximate surface area is 126 Å². The van der Waals surface area contributed by atoms with Crippen molar-refractivity contribution in [1.29, 1.82) is 0 Å². The van der Waals surface area contributed by atoms with Gasteiger partial charge < -0.3 is 9.26 Å². The van der Waals surface area contributed by atoms with Gasteiger partial charge in [0.25, 0.3) is 5.89 Å². The average molecular weight is 329 g/mol. The minimum absolute atomic E-state index is 0.00446. The highest BCUT2D eigenvalue weighted by Crippen LogP contribution is 2.27. The van der Waals surface area contributed by atoms with Crippen LogP contribution in [0.2, 0.25) is 0 Å². The van der Waals surface area contributed by atoms with Crippen LogP contribution in [0.4, 0.5) is 0 Å². The molecule has 0 saturated carbocycles. The summed E-state index contributed by atoms with van der Waals surface area (Å²) in [5.74, 6) is 0.714. The SMILES string of the molecule is Cc1csc(S(=O)(=O)NCc2noc([C@H]3CCCO3)n2)c1. The van der Waals surface area contributed by atoms with Gasteiger partial charge in [-0.15, -0.1) is 11.3 Å². The van der Waals surface area contributed by atoms with E-state index in [0.29, 0.717) is 18.3 Å². The Bertz CT molecular complexity index is 716. The van der Waals surface area contributed by atoms with Crippen molar-refractivity contribution in [2.24, 2.45) is 0 Å². The van der Waals surface area contributed by atoms with Gasteiger partial charge in [-0.2, -0.15) is 4.98 Å². The maximum Gasteiger partial charge on any atom is 0.255 e. The third-order valence-electron chi connectivity index (χ3n) is 3.08. The zero-order valence-corrected chi connectivity index (χ0v) is 13.0. The topological polar surface area (TPSA) is 94.3 Å². The van der Waals surface area contributed by atoms with Crippen molar-refractivity contribution in [3.63, 3.8) is 0 Å². The van der Waals surface area contributed by atoms with E-state index in [1.807, 2.05) is 6.92 Å². The number of nitrogens with zero attached hydrogens (tertiary/aromatic N) is 2. The molecule has 0 radical (unpaired) electrons. The molecule has 7 nitrogen and oxygen atoms in total. The van der Waals surface area contributed by atoms with Crippen molar-refractivity contribution in [3.8, 4) is 0 Å². The maximum absolute atomic E-state index is 12.1. The molecule has 2 aromatic heterocycles. The largest absolute Gasteiger partial charge is 0.368 e. The van der Waals surface area contributed by atoms with Crippen LogP contribution < -0.4 is 4.72 Å². The van der Waals surface area contributed by atoms with E-state index in [4.69, 9.17) is 9.26 Å². The third kappa shape index (κ3) is 3.31. The number of ether oxygens (including phenoxy) is 1. The standard InChI is InChI=1S/C12H15N3O4S2/c1-8-5-11(20-7-8)21(16,17)13-6-10-14-12(19-15-10)9-3-2-4-18-9/h5,7,9,13H,2-4,6H2,1H3/t9-/m1/s1. The van der Waals surface area contributed by atoms with Crippen molar-refractivity contribution >= 4 is 21.4 Å². The minimum Gasteiger partial charge on any atom is -0.368 e. The van der Waals surface area contributed by atoms with Crippen LogP contribution in [0.5, 0.6) is 0 Å². The van der Waals surface area contributed by atoms with E-state index in [9.17, 15) is 8.42 Å². The van der Waals surface area contributed by atoms with Gasteiger partial charge in [0.1, 0.15) is 10.3 Å². The summed E-state index contributed by atoms with van der Waals surface area (Å²) < 4.78 is 37.4. The van der Waals surface area contributed by atoms with Crippen LogP contribution in [-0.4, -0.2) is 25.2 Å². The molecular weight excluding hydrogens is 314 g/mol. The molecule has 3 heterocycles. The van der Waals surface area contributed by atoms with Gasteiger partial charge in [-0.05, 0) is 36.8 Å². The number of aromatic nitrogens is 2. The average Bonchev–Trinajstić information content (AvgIpc) is 3.17. The van der Waals surface area contributed by atoms with Crippen LogP contribution in [0.3, 0.4) is 0 Å². The first-order valence-corrected chi connectivity index (χ1v) is 8.90. The van der Waals surface area contributed by atoms with Gasteiger partial charge in [-0.1, -0.05) is 5.16 Å². The lowest BCUT2D eigenvalue weighted by Crippen LogP contribution is -2.23. The molecule has 0 spiro atoms. The van der Waals surface area contributed by atoms with Crippen molar-refractivity contribution in [3.05, 3.63) is 28.7 Å². The van der Waals surface area contributed by atoms with Gasteiger partial charge in [-0.25, -0.2) is 13.1 Å². The van der Waals surface area contributed by atoms with E-state index in [1.165, 1.54) is 11.3 Å². The van der Waals surface area contributed by atoms with E-state index in [2.05, 4.69) is 14.9 Å². The number of nitrogens with one attached hydrogen (secondary N) is 1. The van der Waals surface area contributed by atoms with Crippen LogP contribution in [0.15, 0.2) is 20.2 Å². The van der Waals surface area contributed by atoms with Gasteiger partial charge in [0.2, 0.25) is 10.0 Å². The van der Waals surface area contributed by atoms with Gasteiger partial charge in [0, 0.05) is 6.61 Å². The fourth-order valence-corrected chi connectivity index (χ4v) is 4.27. The number of rotatable bonds is 5. The predicted molar refractivity (Wildman–Crippen MR) is 75.3 cm³/mol. The van der Waals surface area contributed by atoms with Crippen molar-refractivity contribution in [2.75, 3.05) is 6.61 Å². The molecule has 0 unspecified atom stereocenters. The lowest BCUT2D eigenvalue weighted by Gasteiger charge is -2.01. The molecule has 1 fully saturated rings. The number of sulfonamides is 1. The van der Waals surface area contributed by atoms with Crippen LogP contribution >= 0.6 is 11.3 Å². The van der Waals surface area contributed by atoms with Crippen molar-refractivity contribution in [2.45, 2.75) is 36.6 Å². The summed E-state index contributed by atoms with van der Waals surface area (Å²) in [6.45, 7) is 2.53. The molecule has 1 atom stereocenters. The van der Waals surface area contributed by atoms with Gasteiger partial charge in [-0.3, -0.25) is 0 Å². The molecule has 1 aliphatic heterocycles. The van der Waals surface area contributed by atoms with E-state index < -0.39 is 10.0 Å². The third-order valence-corrected chi connectivity index (χ3v) is 6.04. The number of hydrogen-bond acceptors (Lipinski definition) is 7. The van der Waals surface area contributed by atoms with Crippen LogP contribution in [-0.2, 0) is 21.3 Å². The van der Waals surface area contributed by atoms with Crippen LogP contribution in [0.25, 0.3) is 0 Å². The summed E-state index contributed by atoms with van der Waals surface area (Å²) in [7, 11) is -3.53. The second-order valence-electron chi connectivity index (χ2n) is 4.82. The summed E-state index contributed by atoms with van der Waals surface area (Å²) in [4.78, 5) is 4.17. The Kier molecular flexibility index (Phi) is 4.07. The zero-order valence-electron chi connectivity index (χ0n) is 11.4. The molecule has 1 aliphatic rings. The molecule has 2 aromatic rings. The van der Waals surface area contributed by atoms with Gasteiger partial charge in [0.05, 0.1) is 6.54 Å². The molecule has 0 bridgehead atoms. The quantitative estimate of drug-likeness (QED) is 0.898. The highest BCUT2D eigenvalue weighted by molar-refractivity contribution is 7.91. The summed E-state index contributed by atoms with van der Waals surface area (Å²) in [6.07, 6.45) is 1.65. The normalized spacial score (nSPS) is 19.2. The Morgan fingerprint density at radius 3 is 3.05 bits per heavy atom. The van der Waals surface area contributed by atoms with E-state index in [1.54, 1.807) is 11.4 Å². The molecule has 3 rings (SSSR count). The van der Waals surface area contributed by atoms with Gasteiger partial charge >= 0.3 is 0 Å². The fraction of sp³-hybridized carbons (Fsp3) is 0.500. The Morgan fingerprint density at radius 1 is 1.52 bits per heavy atom. The molecule has 1 N–H and O–H groups in total. The molecule has 9 heteroatoms. The number of hydrogen-bond donors (Lipinski definition) is 1. The molecule has 0 aliphatic carbocycles. The second-order valence-corrected chi connectivity index (χ2v) is 7.72. The summed E-state index contributed by atoms with van der Waals surface area (Å²) >= 11 is 1.18. The molecule has 0 amide bonds.